The molecule has 1 heterocycles. The molecule has 1 aromatic rings. The first-order valence-corrected chi connectivity index (χ1v) is 7.68. The largest absolute Gasteiger partial charge is 0.311 e. The zero-order chi connectivity index (χ0) is 13.5. The van der Waals surface area contributed by atoms with Gasteiger partial charge in [-0.05, 0) is 50.3 Å². The topological polar surface area (TPSA) is 15.3 Å². The summed E-state index contributed by atoms with van der Waals surface area (Å²) in [7, 11) is 0. The average molecular weight is 279 g/mol. The summed E-state index contributed by atoms with van der Waals surface area (Å²) in [5.74, 6) is 0.875. The van der Waals surface area contributed by atoms with Crippen LogP contribution in [0.1, 0.15) is 32.3 Å². The van der Waals surface area contributed by atoms with Gasteiger partial charge in [-0.3, -0.25) is 4.90 Å². The van der Waals surface area contributed by atoms with Gasteiger partial charge in [0.2, 0.25) is 0 Å². The van der Waals surface area contributed by atoms with Crippen LogP contribution in [-0.4, -0.2) is 29.6 Å². The van der Waals surface area contributed by atoms with E-state index in [0.29, 0.717) is 11.6 Å². The van der Waals surface area contributed by atoms with Gasteiger partial charge in [-0.25, -0.2) is 0 Å². The molecule has 0 radical (unpaired) electrons. The number of piperazine rings is 1. The minimum Gasteiger partial charge on any atom is -0.311 e. The third-order valence-electron chi connectivity index (χ3n) is 4.77. The van der Waals surface area contributed by atoms with E-state index in [4.69, 9.17) is 11.6 Å². The van der Waals surface area contributed by atoms with Crippen molar-refractivity contribution in [2.75, 3.05) is 13.1 Å². The zero-order valence-corrected chi connectivity index (χ0v) is 12.6. The zero-order valence-electron chi connectivity index (χ0n) is 11.8. The number of hydrogen-bond acceptors (Lipinski definition) is 2. The van der Waals surface area contributed by atoms with E-state index < -0.39 is 0 Å². The molecule has 0 spiro atoms. The molecule has 1 saturated carbocycles. The van der Waals surface area contributed by atoms with Crippen molar-refractivity contribution in [1.82, 2.24) is 10.2 Å². The summed E-state index contributed by atoms with van der Waals surface area (Å²) in [4.78, 5) is 2.68. The molecule has 2 unspecified atom stereocenters. The number of nitrogens with one attached hydrogen (secondary N) is 1. The summed E-state index contributed by atoms with van der Waals surface area (Å²) >= 11 is 5.97. The Morgan fingerprint density at radius 3 is 2.63 bits per heavy atom. The summed E-state index contributed by atoms with van der Waals surface area (Å²) in [5, 5.41) is 4.48. The van der Waals surface area contributed by atoms with Crippen LogP contribution in [0.3, 0.4) is 0 Å². The van der Waals surface area contributed by atoms with Crippen molar-refractivity contribution in [1.29, 1.82) is 0 Å². The molecule has 0 amide bonds. The van der Waals surface area contributed by atoms with Crippen LogP contribution in [0.2, 0.25) is 5.02 Å². The molecule has 1 N–H and O–H groups in total. The van der Waals surface area contributed by atoms with E-state index in [9.17, 15) is 0 Å². The van der Waals surface area contributed by atoms with Crippen molar-refractivity contribution in [3.63, 3.8) is 0 Å². The van der Waals surface area contributed by atoms with Crippen molar-refractivity contribution >= 4 is 11.6 Å². The maximum atomic E-state index is 5.97. The van der Waals surface area contributed by atoms with Gasteiger partial charge in [0.15, 0.2) is 0 Å². The van der Waals surface area contributed by atoms with E-state index in [0.717, 1.165) is 30.6 Å². The second-order valence-electron chi connectivity index (χ2n) is 6.42. The molecule has 1 aliphatic carbocycles. The molecule has 1 aromatic carbocycles. The molecule has 3 heteroatoms. The van der Waals surface area contributed by atoms with Crippen molar-refractivity contribution in [2.45, 2.75) is 44.8 Å². The highest BCUT2D eigenvalue weighted by atomic mass is 35.5. The van der Waals surface area contributed by atoms with Gasteiger partial charge in [-0.1, -0.05) is 23.7 Å². The summed E-state index contributed by atoms with van der Waals surface area (Å²) in [6, 6.07) is 8.89. The van der Waals surface area contributed by atoms with E-state index in [1.165, 1.54) is 18.4 Å². The third kappa shape index (κ3) is 2.81. The minimum atomic E-state index is 0.326. The molecule has 1 saturated heterocycles. The highest BCUT2D eigenvalue weighted by Gasteiger charge is 2.47. The lowest BCUT2D eigenvalue weighted by Gasteiger charge is -2.48. The standard InChI is InChI=1S/C16H23ClN2/c1-12-9-19(10-13-3-7-15(17)8-4-13)16(2,11-18-12)14-5-6-14/h3-4,7-8,12,14,18H,5-6,9-11H2,1-2H3. The van der Waals surface area contributed by atoms with Crippen molar-refractivity contribution < 1.29 is 0 Å². The van der Waals surface area contributed by atoms with Gasteiger partial charge in [-0.15, -0.1) is 0 Å². The summed E-state index contributed by atoms with van der Waals surface area (Å²) in [6.45, 7) is 8.00. The normalized spacial score (nSPS) is 32.5. The smallest absolute Gasteiger partial charge is 0.0406 e. The molecule has 2 atom stereocenters. The maximum Gasteiger partial charge on any atom is 0.0406 e. The lowest BCUT2D eigenvalue weighted by atomic mass is 9.89. The number of rotatable bonds is 3. The lowest BCUT2D eigenvalue weighted by Crippen LogP contribution is -2.63. The molecule has 104 valence electrons. The van der Waals surface area contributed by atoms with Gasteiger partial charge in [0, 0.05) is 36.2 Å². The fraction of sp³-hybridized carbons (Fsp3) is 0.625. The molecule has 2 aliphatic rings. The number of benzene rings is 1. The predicted octanol–water partition coefficient (Wildman–Crippen LogP) is 3.30. The van der Waals surface area contributed by atoms with Gasteiger partial charge in [0.25, 0.3) is 0 Å². The highest BCUT2D eigenvalue weighted by molar-refractivity contribution is 6.30. The van der Waals surface area contributed by atoms with Crippen LogP contribution < -0.4 is 5.32 Å². The van der Waals surface area contributed by atoms with Gasteiger partial charge in [0.05, 0.1) is 0 Å². The van der Waals surface area contributed by atoms with Crippen LogP contribution in [0.4, 0.5) is 0 Å². The van der Waals surface area contributed by atoms with Crippen LogP contribution in [0.5, 0.6) is 0 Å². The number of nitrogens with zero attached hydrogens (tertiary/aromatic N) is 1. The molecular formula is C16H23ClN2. The van der Waals surface area contributed by atoms with E-state index in [1.807, 2.05) is 12.1 Å². The second-order valence-corrected chi connectivity index (χ2v) is 6.86. The molecule has 2 nitrogen and oxygen atoms in total. The molecule has 19 heavy (non-hydrogen) atoms. The monoisotopic (exact) mass is 278 g/mol. The highest BCUT2D eigenvalue weighted by Crippen LogP contribution is 2.44. The summed E-state index contributed by atoms with van der Waals surface area (Å²) in [5.41, 5.74) is 1.69. The van der Waals surface area contributed by atoms with Crippen molar-refractivity contribution in [3.05, 3.63) is 34.9 Å². The first-order chi connectivity index (χ1) is 9.08. The van der Waals surface area contributed by atoms with Gasteiger partial charge < -0.3 is 5.32 Å². The first kappa shape index (κ1) is 13.4. The van der Waals surface area contributed by atoms with Gasteiger partial charge >= 0.3 is 0 Å². The molecule has 1 aliphatic heterocycles. The predicted molar refractivity (Wildman–Crippen MR) is 80.5 cm³/mol. The minimum absolute atomic E-state index is 0.326. The average Bonchev–Trinajstić information content (AvgIpc) is 3.21. The Labute approximate surface area is 121 Å². The Balaban J connectivity index is 1.77. The van der Waals surface area contributed by atoms with E-state index in [2.05, 4.69) is 36.2 Å². The van der Waals surface area contributed by atoms with Crippen LogP contribution in [0.15, 0.2) is 24.3 Å². The molecule has 3 rings (SSSR count). The van der Waals surface area contributed by atoms with Crippen LogP contribution in [0, 0.1) is 5.92 Å². The van der Waals surface area contributed by atoms with Crippen LogP contribution >= 0.6 is 11.6 Å². The Kier molecular flexibility index (Phi) is 3.59. The first-order valence-electron chi connectivity index (χ1n) is 7.31. The van der Waals surface area contributed by atoms with Crippen molar-refractivity contribution in [2.24, 2.45) is 5.92 Å². The molecule has 0 aromatic heterocycles. The van der Waals surface area contributed by atoms with Crippen molar-refractivity contribution in [3.8, 4) is 0 Å². The number of hydrogen-bond donors (Lipinski definition) is 1. The van der Waals surface area contributed by atoms with E-state index >= 15 is 0 Å². The lowest BCUT2D eigenvalue weighted by molar-refractivity contribution is 0.0312. The Morgan fingerprint density at radius 2 is 2.00 bits per heavy atom. The van der Waals surface area contributed by atoms with E-state index in [-0.39, 0.29) is 0 Å². The van der Waals surface area contributed by atoms with Crippen LogP contribution in [-0.2, 0) is 6.54 Å². The maximum absolute atomic E-state index is 5.97. The van der Waals surface area contributed by atoms with Crippen LogP contribution in [0.25, 0.3) is 0 Å². The quantitative estimate of drug-likeness (QED) is 0.913. The Bertz CT molecular complexity index is 441. The third-order valence-corrected chi connectivity index (χ3v) is 5.02. The summed E-state index contributed by atoms with van der Waals surface area (Å²) < 4.78 is 0. The van der Waals surface area contributed by atoms with Gasteiger partial charge in [0.1, 0.15) is 0 Å². The molecule has 0 bridgehead atoms. The Morgan fingerprint density at radius 1 is 1.32 bits per heavy atom. The molecule has 2 fully saturated rings. The summed E-state index contributed by atoms with van der Waals surface area (Å²) in [6.07, 6.45) is 2.79. The van der Waals surface area contributed by atoms with E-state index in [1.54, 1.807) is 0 Å². The Hall–Kier alpha value is -0.570. The molecular weight excluding hydrogens is 256 g/mol. The second kappa shape index (κ2) is 5.08. The fourth-order valence-electron chi connectivity index (χ4n) is 3.26. The SMILES string of the molecule is CC1CN(Cc2ccc(Cl)cc2)C(C)(C2CC2)CN1. The number of halogens is 1. The fourth-order valence-corrected chi connectivity index (χ4v) is 3.39. The van der Waals surface area contributed by atoms with Gasteiger partial charge in [-0.2, -0.15) is 0 Å².